The highest BCUT2D eigenvalue weighted by molar-refractivity contribution is 6.12. The molecule has 4 aromatic rings. The standard InChI is InChI=1S/C26H23FN4O2/c1-17-6-12-21(13-7-17)28-16-24(32)30-29-15-22-18(2)25(31-14-4-3-5-23(22)31)26(33)19-8-10-20(27)11-9-19/h3-15,28H,16H2,1-2H3,(H,30,32). The molecule has 0 saturated carbocycles. The number of halogens is 1. The number of aromatic nitrogens is 1. The van der Waals surface area contributed by atoms with Gasteiger partial charge in [-0.2, -0.15) is 5.10 Å². The molecule has 2 aromatic heterocycles. The molecular weight excluding hydrogens is 419 g/mol. The number of anilines is 1. The maximum atomic E-state index is 13.3. The van der Waals surface area contributed by atoms with E-state index in [2.05, 4.69) is 15.8 Å². The number of ketones is 1. The highest BCUT2D eigenvalue weighted by Crippen LogP contribution is 2.24. The van der Waals surface area contributed by atoms with Crippen molar-refractivity contribution in [3.63, 3.8) is 0 Å². The SMILES string of the molecule is Cc1ccc(NCC(=O)NN=Cc2c(C)c(C(=O)c3ccc(F)cc3)n3ccccc23)cc1. The van der Waals surface area contributed by atoms with Crippen LogP contribution in [-0.4, -0.2) is 28.9 Å². The number of hydrazone groups is 1. The first kappa shape index (κ1) is 22.0. The summed E-state index contributed by atoms with van der Waals surface area (Å²) in [5.41, 5.74) is 7.56. The number of amides is 1. The Hall–Kier alpha value is -4.26. The van der Waals surface area contributed by atoms with E-state index in [9.17, 15) is 14.0 Å². The second kappa shape index (κ2) is 9.48. The lowest BCUT2D eigenvalue weighted by atomic mass is 10.0. The summed E-state index contributed by atoms with van der Waals surface area (Å²) in [4.78, 5) is 25.3. The van der Waals surface area contributed by atoms with Crippen molar-refractivity contribution in [2.24, 2.45) is 5.10 Å². The van der Waals surface area contributed by atoms with Crippen LogP contribution in [0.5, 0.6) is 0 Å². The summed E-state index contributed by atoms with van der Waals surface area (Å²) < 4.78 is 15.1. The van der Waals surface area contributed by atoms with Crippen molar-refractivity contribution < 1.29 is 14.0 Å². The molecule has 33 heavy (non-hydrogen) atoms. The number of hydrogen-bond donors (Lipinski definition) is 2. The Bertz CT molecular complexity index is 1340. The zero-order valence-corrected chi connectivity index (χ0v) is 18.3. The summed E-state index contributed by atoms with van der Waals surface area (Å²) in [5, 5.41) is 7.14. The van der Waals surface area contributed by atoms with Crippen molar-refractivity contribution >= 4 is 29.1 Å². The lowest BCUT2D eigenvalue weighted by Gasteiger charge is -2.05. The minimum atomic E-state index is -0.399. The maximum absolute atomic E-state index is 13.3. The normalized spacial score (nSPS) is 11.1. The van der Waals surface area contributed by atoms with Crippen LogP contribution >= 0.6 is 0 Å². The van der Waals surface area contributed by atoms with Gasteiger partial charge in [0.1, 0.15) is 5.82 Å². The molecule has 2 heterocycles. The van der Waals surface area contributed by atoms with Gasteiger partial charge in [0, 0.05) is 23.0 Å². The monoisotopic (exact) mass is 442 g/mol. The minimum absolute atomic E-state index is 0.0736. The third kappa shape index (κ3) is 4.82. The van der Waals surface area contributed by atoms with Gasteiger partial charge in [-0.25, -0.2) is 9.82 Å². The summed E-state index contributed by atoms with van der Waals surface area (Å²) in [6.07, 6.45) is 3.33. The third-order valence-corrected chi connectivity index (χ3v) is 5.34. The number of pyridine rings is 1. The molecule has 166 valence electrons. The van der Waals surface area contributed by atoms with Gasteiger partial charge in [-0.05, 0) is 67.9 Å². The van der Waals surface area contributed by atoms with Crippen molar-refractivity contribution in [2.45, 2.75) is 13.8 Å². The van der Waals surface area contributed by atoms with Gasteiger partial charge in [-0.15, -0.1) is 0 Å². The van der Waals surface area contributed by atoms with Crippen LogP contribution in [0.4, 0.5) is 10.1 Å². The van der Waals surface area contributed by atoms with Crippen molar-refractivity contribution in [1.82, 2.24) is 9.83 Å². The Morgan fingerprint density at radius 2 is 1.73 bits per heavy atom. The Balaban J connectivity index is 1.53. The topological polar surface area (TPSA) is 75.0 Å². The van der Waals surface area contributed by atoms with Crippen LogP contribution in [0.15, 0.2) is 78.0 Å². The molecule has 0 atom stereocenters. The first-order valence-corrected chi connectivity index (χ1v) is 10.5. The van der Waals surface area contributed by atoms with Gasteiger partial charge >= 0.3 is 0 Å². The van der Waals surface area contributed by atoms with Crippen LogP contribution in [0.3, 0.4) is 0 Å². The molecule has 7 heteroatoms. The van der Waals surface area contributed by atoms with Crippen LogP contribution in [0, 0.1) is 19.7 Å². The number of carbonyl (C=O) groups excluding carboxylic acids is 2. The number of benzene rings is 2. The number of hydrogen-bond acceptors (Lipinski definition) is 4. The van der Waals surface area contributed by atoms with Gasteiger partial charge in [-0.1, -0.05) is 23.8 Å². The number of nitrogens with zero attached hydrogens (tertiary/aromatic N) is 2. The minimum Gasteiger partial charge on any atom is -0.376 e. The van der Waals surface area contributed by atoms with E-state index in [-0.39, 0.29) is 18.2 Å². The van der Waals surface area contributed by atoms with Gasteiger partial charge in [0.15, 0.2) is 0 Å². The molecule has 0 spiro atoms. The summed E-state index contributed by atoms with van der Waals surface area (Å²) in [6.45, 7) is 3.90. The molecule has 2 N–H and O–H groups in total. The quantitative estimate of drug-likeness (QED) is 0.252. The van der Waals surface area contributed by atoms with Crippen molar-refractivity contribution in [2.75, 3.05) is 11.9 Å². The van der Waals surface area contributed by atoms with Gasteiger partial charge in [0.25, 0.3) is 5.91 Å². The summed E-state index contributed by atoms with van der Waals surface area (Å²) in [5.74, 6) is -0.918. The van der Waals surface area contributed by atoms with E-state index in [0.29, 0.717) is 22.4 Å². The zero-order chi connectivity index (χ0) is 23.4. The van der Waals surface area contributed by atoms with E-state index in [1.54, 1.807) is 10.6 Å². The number of carbonyl (C=O) groups is 2. The molecule has 2 aromatic carbocycles. The number of rotatable bonds is 7. The fourth-order valence-corrected chi connectivity index (χ4v) is 3.60. The Morgan fingerprint density at radius 3 is 2.45 bits per heavy atom. The number of nitrogens with one attached hydrogen (secondary N) is 2. The number of fused-ring (bicyclic) bond motifs is 1. The Labute approximate surface area is 190 Å². The summed E-state index contributed by atoms with van der Waals surface area (Å²) in [7, 11) is 0. The largest absolute Gasteiger partial charge is 0.376 e. The third-order valence-electron chi connectivity index (χ3n) is 5.34. The zero-order valence-electron chi connectivity index (χ0n) is 18.3. The molecule has 0 aliphatic heterocycles. The lowest BCUT2D eigenvalue weighted by Crippen LogP contribution is -2.25. The lowest BCUT2D eigenvalue weighted by molar-refractivity contribution is -0.119. The van der Waals surface area contributed by atoms with Crippen LogP contribution in [0.25, 0.3) is 5.52 Å². The second-order valence-corrected chi connectivity index (χ2v) is 7.69. The fraction of sp³-hybridized carbons (Fsp3) is 0.115. The summed E-state index contributed by atoms with van der Waals surface area (Å²) in [6, 6.07) is 18.8. The van der Waals surface area contributed by atoms with Crippen LogP contribution in [0.1, 0.15) is 32.7 Å². The molecule has 1 amide bonds. The van der Waals surface area contributed by atoms with Crippen LogP contribution in [0.2, 0.25) is 0 Å². The maximum Gasteiger partial charge on any atom is 0.259 e. The first-order chi connectivity index (χ1) is 15.9. The molecule has 4 rings (SSSR count). The van der Waals surface area contributed by atoms with Gasteiger partial charge in [-0.3, -0.25) is 9.59 Å². The van der Waals surface area contributed by atoms with E-state index in [1.807, 2.05) is 56.3 Å². The van der Waals surface area contributed by atoms with Crippen molar-refractivity contribution in [1.29, 1.82) is 0 Å². The van der Waals surface area contributed by atoms with E-state index < -0.39 is 5.82 Å². The van der Waals surface area contributed by atoms with Gasteiger partial charge < -0.3 is 9.72 Å². The highest BCUT2D eigenvalue weighted by Gasteiger charge is 2.20. The van der Waals surface area contributed by atoms with E-state index >= 15 is 0 Å². The van der Waals surface area contributed by atoms with Gasteiger partial charge in [0.2, 0.25) is 5.78 Å². The second-order valence-electron chi connectivity index (χ2n) is 7.69. The van der Waals surface area contributed by atoms with Crippen molar-refractivity contribution in [3.05, 3.63) is 107 Å². The van der Waals surface area contributed by atoms with Crippen molar-refractivity contribution in [3.8, 4) is 0 Å². The molecule has 0 unspecified atom stereocenters. The van der Waals surface area contributed by atoms with E-state index in [0.717, 1.165) is 16.8 Å². The molecular formula is C26H23FN4O2. The molecule has 0 aliphatic rings. The molecule has 6 nitrogen and oxygen atoms in total. The average Bonchev–Trinajstić information content (AvgIpc) is 3.10. The average molecular weight is 442 g/mol. The predicted molar refractivity (Wildman–Crippen MR) is 127 cm³/mol. The van der Waals surface area contributed by atoms with E-state index in [1.165, 1.54) is 30.5 Å². The Morgan fingerprint density at radius 1 is 1.00 bits per heavy atom. The van der Waals surface area contributed by atoms with E-state index in [4.69, 9.17) is 0 Å². The molecule has 0 bridgehead atoms. The smallest absolute Gasteiger partial charge is 0.259 e. The molecule has 0 aliphatic carbocycles. The van der Waals surface area contributed by atoms with Crippen LogP contribution < -0.4 is 10.7 Å². The molecule has 0 fully saturated rings. The first-order valence-electron chi connectivity index (χ1n) is 10.5. The predicted octanol–water partition coefficient (Wildman–Crippen LogP) is 4.49. The summed E-state index contributed by atoms with van der Waals surface area (Å²) >= 11 is 0. The molecule has 0 saturated heterocycles. The Kier molecular flexibility index (Phi) is 6.31. The fourth-order valence-electron chi connectivity index (χ4n) is 3.60. The highest BCUT2D eigenvalue weighted by atomic mass is 19.1. The molecule has 0 radical (unpaired) electrons. The van der Waals surface area contributed by atoms with Gasteiger partial charge in [0.05, 0.1) is 24.0 Å². The number of aryl methyl sites for hydroxylation is 1. The van der Waals surface area contributed by atoms with Crippen LogP contribution in [-0.2, 0) is 4.79 Å².